The van der Waals surface area contributed by atoms with Gasteiger partial charge in [-0.25, -0.2) is 9.78 Å². The Balaban J connectivity index is 1.63. The maximum atomic E-state index is 12.8. The van der Waals surface area contributed by atoms with Crippen molar-refractivity contribution in [1.82, 2.24) is 10.3 Å². The summed E-state index contributed by atoms with van der Waals surface area (Å²) in [5.74, 6) is -0.0475. The lowest BCUT2D eigenvalue weighted by molar-refractivity contribution is -0.119. The van der Waals surface area contributed by atoms with Gasteiger partial charge in [0.1, 0.15) is 5.60 Å². The van der Waals surface area contributed by atoms with Crippen LogP contribution in [0.25, 0.3) is 10.2 Å². The van der Waals surface area contributed by atoms with E-state index in [4.69, 9.17) is 4.74 Å². The summed E-state index contributed by atoms with van der Waals surface area (Å²) in [6, 6.07) is 6.08. The molecule has 0 spiro atoms. The lowest BCUT2D eigenvalue weighted by atomic mass is 9.71. The average molecular weight is 418 g/mol. The van der Waals surface area contributed by atoms with Gasteiger partial charge in [-0.1, -0.05) is 36.7 Å². The molecule has 29 heavy (non-hydrogen) atoms. The largest absolute Gasteiger partial charge is 0.444 e. The van der Waals surface area contributed by atoms with Crippen LogP contribution >= 0.6 is 11.3 Å². The number of ether oxygens (including phenoxy) is 1. The smallest absolute Gasteiger partial charge is 0.407 e. The van der Waals surface area contributed by atoms with E-state index in [0.29, 0.717) is 18.1 Å². The highest BCUT2D eigenvalue weighted by molar-refractivity contribution is 7.22. The van der Waals surface area contributed by atoms with Crippen LogP contribution in [0.1, 0.15) is 64.9 Å². The molecule has 2 amide bonds. The molecule has 1 fully saturated rings. The maximum Gasteiger partial charge on any atom is 0.407 e. The van der Waals surface area contributed by atoms with Gasteiger partial charge in [-0.15, -0.1) is 0 Å². The van der Waals surface area contributed by atoms with Crippen molar-refractivity contribution in [2.24, 2.45) is 5.41 Å². The van der Waals surface area contributed by atoms with Gasteiger partial charge < -0.3 is 15.4 Å². The molecule has 1 saturated carbocycles. The topological polar surface area (TPSA) is 80.3 Å². The molecule has 0 atom stereocenters. The fraction of sp³-hybridized carbons (Fsp3) is 0.591. The molecule has 0 radical (unpaired) electrons. The standard InChI is InChI=1S/C22H31N3O3S/c1-15-8-9-16-17(12-15)29-19(24-16)25-18(26)13-22(10-6-5-7-11-22)14-23-20(27)28-21(2,3)4/h8-9,12H,5-7,10-11,13-14H2,1-4H3,(H,23,27)(H,24,25,26). The molecule has 1 aromatic heterocycles. The van der Waals surface area contributed by atoms with Crippen LogP contribution in [0, 0.1) is 12.3 Å². The van der Waals surface area contributed by atoms with Crippen LogP contribution in [-0.4, -0.2) is 29.1 Å². The molecule has 1 heterocycles. The van der Waals surface area contributed by atoms with E-state index in [1.807, 2.05) is 39.8 Å². The number of carbonyl (C=O) groups excluding carboxylic acids is 2. The zero-order chi connectivity index (χ0) is 21.1. The number of hydrogen-bond donors (Lipinski definition) is 2. The molecule has 7 heteroatoms. The van der Waals surface area contributed by atoms with Crippen molar-refractivity contribution in [3.63, 3.8) is 0 Å². The Morgan fingerprint density at radius 3 is 2.62 bits per heavy atom. The first-order valence-electron chi connectivity index (χ1n) is 10.3. The molecule has 0 unspecified atom stereocenters. The maximum absolute atomic E-state index is 12.8. The van der Waals surface area contributed by atoms with Crippen LogP contribution in [0.15, 0.2) is 18.2 Å². The van der Waals surface area contributed by atoms with Crippen LogP contribution in [0.4, 0.5) is 9.93 Å². The number of anilines is 1. The number of amides is 2. The van der Waals surface area contributed by atoms with Crippen LogP contribution in [-0.2, 0) is 9.53 Å². The highest BCUT2D eigenvalue weighted by Crippen LogP contribution is 2.39. The monoisotopic (exact) mass is 417 g/mol. The van der Waals surface area contributed by atoms with Gasteiger partial charge in [0.15, 0.2) is 5.13 Å². The molecule has 0 saturated heterocycles. The fourth-order valence-corrected chi connectivity index (χ4v) is 4.86. The lowest BCUT2D eigenvalue weighted by Crippen LogP contribution is -2.43. The van der Waals surface area contributed by atoms with Crippen molar-refractivity contribution >= 4 is 38.7 Å². The molecule has 6 nitrogen and oxygen atoms in total. The summed E-state index contributed by atoms with van der Waals surface area (Å²) in [5.41, 5.74) is 1.31. The van der Waals surface area contributed by atoms with Gasteiger partial charge >= 0.3 is 6.09 Å². The first-order valence-corrected chi connectivity index (χ1v) is 11.1. The van der Waals surface area contributed by atoms with E-state index in [2.05, 4.69) is 21.7 Å². The number of alkyl carbamates (subject to hydrolysis) is 1. The van der Waals surface area contributed by atoms with Crippen molar-refractivity contribution in [1.29, 1.82) is 0 Å². The summed E-state index contributed by atoms with van der Waals surface area (Å²) >= 11 is 1.49. The highest BCUT2D eigenvalue weighted by atomic mass is 32.1. The van der Waals surface area contributed by atoms with Crippen LogP contribution in [0.3, 0.4) is 0 Å². The SMILES string of the molecule is Cc1ccc2nc(NC(=O)CC3(CNC(=O)OC(C)(C)C)CCCCC3)sc2c1. The van der Waals surface area contributed by atoms with Crippen LogP contribution in [0.2, 0.25) is 0 Å². The predicted molar refractivity (Wildman–Crippen MR) is 117 cm³/mol. The minimum Gasteiger partial charge on any atom is -0.444 e. The Morgan fingerprint density at radius 1 is 1.21 bits per heavy atom. The number of thiazole rings is 1. The fourth-order valence-electron chi connectivity index (χ4n) is 3.88. The first-order chi connectivity index (χ1) is 13.6. The molecular formula is C22H31N3O3S. The van der Waals surface area contributed by atoms with Gasteiger partial charge in [-0.05, 0) is 63.6 Å². The zero-order valence-corrected chi connectivity index (χ0v) is 18.6. The molecule has 3 rings (SSSR count). The third-order valence-electron chi connectivity index (χ3n) is 5.25. The summed E-state index contributed by atoms with van der Waals surface area (Å²) in [6.45, 7) is 8.03. The average Bonchev–Trinajstić information content (AvgIpc) is 3.00. The van der Waals surface area contributed by atoms with Crippen LogP contribution in [0.5, 0.6) is 0 Å². The molecular weight excluding hydrogens is 386 g/mol. The quantitative estimate of drug-likeness (QED) is 0.682. The molecule has 158 valence electrons. The van der Waals surface area contributed by atoms with E-state index >= 15 is 0 Å². The third kappa shape index (κ3) is 6.16. The highest BCUT2D eigenvalue weighted by Gasteiger charge is 2.35. The Bertz CT molecular complexity index is 879. The van der Waals surface area contributed by atoms with Gasteiger partial charge in [0.25, 0.3) is 0 Å². The van der Waals surface area contributed by atoms with Gasteiger partial charge in [-0.3, -0.25) is 4.79 Å². The van der Waals surface area contributed by atoms with Crippen molar-refractivity contribution < 1.29 is 14.3 Å². The van der Waals surface area contributed by atoms with E-state index in [1.54, 1.807) is 0 Å². The summed E-state index contributed by atoms with van der Waals surface area (Å²) in [4.78, 5) is 29.4. The van der Waals surface area contributed by atoms with Crippen molar-refractivity contribution in [3.8, 4) is 0 Å². The Kier molecular flexibility index (Phi) is 6.46. The molecule has 1 aliphatic carbocycles. The summed E-state index contributed by atoms with van der Waals surface area (Å²) in [7, 11) is 0. The van der Waals surface area contributed by atoms with Crippen molar-refractivity contribution in [2.75, 3.05) is 11.9 Å². The first kappa shape index (κ1) is 21.6. The van der Waals surface area contributed by atoms with E-state index < -0.39 is 11.7 Å². The number of aromatic nitrogens is 1. The van der Waals surface area contributed by atoms with Crippen molar-refractivity contribution in [2.45, 2.75) is 71.8 Å². The normalized spacial score (nSPS) is 16.4. The summed E-state index contributed by atoms with van der Waals surface area (Å²) in [5, 5.41) is 6.49. The van der Waals surface area contributed by atoms with Crippen LogP contribution < -0.4 is 10.6 Å². The minimum atomic E-state index is -0.535. The lowest BCUT2D eigenvalue weighted by Gasteiger charge is -2.37. The Morgan fingerprint density at radius 2 is 1.93 bits per heavy atom. The van der Waals surface area contributed by atoms with E-state index in [1.165, 1.54) is 23.3 Å². The number of nitrogens with one attached hydrogen (secondary N) is 2. The molecule has 0 bridgehead atoms. The molecule has 1 aromatic carbocycles. The van der Waals surface area contributed by atoms with E-state index in [0.717, 1.165) is 35.9 Å². The second-order valence-electron chi connectivity index (χ2n) is 9.13. The number of benzene rings is 1. The van der Waals surface area contributed by atoms with E-state index in [9.17, 15) is 9.59 Å². The van der Waals surface area contributed by atoms with Gasteiger partial charge in [0.05, 0.1) is 10.2 Å². The molecule has 2 N–H and O–H groups in total. The number of fused-ring (bicyclic) bond motifs is 1. The number of rotatable bonds is 5. The minimum absolute atomic E-state index is 0.0475. The zero-order valence-electron chi connectivity index (χ0n) is 17.8. The number of nitrogens with zero attached hydrogens (tertiary/aromatic N) is 1. The Hall–Kier alpha value is -2.15. The predicted octanol–water partition coefficient (Wildman–Crippen LogP) is 5.41. The van der Waals surface area contributed by atoms with Gasteiger partial charge in [-0.2, -0.15) is 0 Å². The molecule has 0 aliphatic heterocycles. The number of aryl methyl sites for hydroxylation is 1. The Labute approximate surface area is 176 Å². The number of hydrogen-bond acceptors (Lipinski definition) is 5. The second-order valence-corrected chi connectivity index (χ2v) is 10.2. The third-order valence-corrected chi connectivity index (χ3v) is 6.18. The molecule has 1 aliphatic rings. The molecule has 2 aromatic rings. The summed E-state index contributed by atoms with van der Waals surface area (Å²) in [6.07, 6.45) is 5.12. The van der Waals surface area contributed by atoms with Gasteiger partial charge in [0, 0.05) is 13.0 Å². The number of carbonyl (C=O) groups is 2. The van der Waals surface area contributed by atoms with E-state index in [-0.39, 0.29) is 11.3 Å². The van der Waals surface area contributed by atoms with Crippen molar-refractivity contribution in [3.05, 3.63) is 23.8 Å². The van der Waals surface area contributed by atoms with Gasteiger partial charge in [0.2, 0.25) is 5.91 Å². The second kappa shape index (κ2) is 8.69. The summed E-state index contributed by atoms with van der Waals surface area (Å²) < 4.78 is 6.43.